The van der Waals surface area contributed by atoms with Gasteiger partial charge in [-0.25, -0.2) is 0 Å². The lowest BCUT2D eigenvalue weighted by Gasteiger charge is -2.18. The van der Waals surface area contributed by atoms with Crippen LogP contribution in [0.1, 0.15) is 46.0 Å². The average molecular weight is 399 g/mol. The fraction of sp³-hybridized carbons (Fsp3) is 0.389. The Morgan fingerprint density at radius 3 is 2.00 bits per heavy atom. The third kappa shape index (κ3) is 3.91. The van der Waals surface area contributed by atoms with E-state index in [0.717, 1.165) is 32.7 Å². The first-order chi connectivity index (χ1) is 11.6. The van der Waals surface area contributed by atoms with Gasteiger partial charge in [0.2, 0.25) is 0 Å². The first-order valence-corrected chi connectivity index (χ1v) is 10.7. The second-order valence-electron chi connectivity index (χ2n) is 6.06. The second-order valence-corrected chi connectivity index (χ2v) is 9.38. The van der Waals surface area contributed by atoms with Crippen LogP contribution in [0.15, 0.2) is 22.1 Å². The molecule has 136 valence electrons. The van der Waals surface area contributed by atoms with Crippen LogP contribution >= 0.6 is 22.9 Å². The van der Waals surface area contributed by atoms with E-state index in [1.165, 1.54) is 11.3 Å². The fourth-order valence-corrected chi connectivity index (χ4v) is 5.34. The molecule has 0 unspecified atom stereocenters. The van der Waals surface area contributed by atoms with Gasteiger partial charge in [0.1, 0.15) is 0 Å². The lowest BCUT2D eigenvalue weighted by molar-refractivity contribution is 0.582. The molecular formula is C18H23ClN2O2S2. The van der Waals surface area contributed by atoms with Gasteiger partial charge in [-0.15, -0.1) is 11.3 Å². The molecule has 4 nitrogen and oxygen atoms in total. The normalized spacial score (nSPS) is 12.5. The van der Waals surface area contributed by atoms with Crippen molar-refractivity contribution in [3.8, 4) is 0 Å². The first kappa shape index (κ1) is 19.9. The van der Waals surface area contributed by atoms with Crippen LogP contribution in [-0.2, 0) is 10.0 Å². The molecule has 0 amide bonds. The van der Waals surface area contributed by atoms with Crippen LogP contribution in [-0.4, -0.2) is 14.1 Å². The van der Waals surface area contributed by atoms with Crippen molar-refractivity contribution in [2.45, 2.75) is 52.9 Å². The van der Waals surface area contributed by atoms with Crippen LogP contribution in [0.2, 0.25) is 4.34 Å². The van der Waals surface area contributed by atoms with Crippen LogP contribution in [0.5, 0.6) is 0 Å². The number of sulfonamides is 1. The summed E-state index contributed by atoms with van der Waals surface area (Å²) < 4.78 is 26.5. The van der Waals surface area contributed by atoms with Crippen molar-refractivity contribution in [3.63, 3.8) is 0 Å². The van der Waals surface area contributed by atoms with Crippen LogP contribution in [0.25, 0.3) is 0 Å². The van der Waals surface area contributed by atoms with Crippen molar-refractivity contribution in [3.05, 3.63) is 49.2 Å². The number of hydrazone groups is 1. The molecule has 0 aliphatic rings. The molecule has 0 aliphatic heterocycles. The van der Waals surface area contributed by atoms with Crippen molar-refractivity contribution < 1.29 is 8.42 Å². The number of nitrogens with zero attached hydrogens (tertiary/aromatic N) is 1. The molecule has 2 aromatic rings. The summed E-state index contributed by atoms with van der Waals surface area (Å²) in [7, 11) is -3.76. The summed E-state index contributed by atoms with van der Waals surface area (Å²) in [6.45, 7) is 11.5. The number of hydrogen-bond acceptors (Lipinski definition) is 4. The van der Waals surface area contributed by atoms with E-state index in [1.54, 1.807) is 6.07 Å². The predicted octanol–water partition coefficient (Wildman–Crippen LogP) is 5.04. The van der Waals surface area contributed by atoms with Crippen LogP contribution in [0.3, 0.4) is 0 Å². The third-order valence-electron chi connectivity index (χ3n) is 4.69. The van der Waals surface area contributed by atoms with Crippen molar-refractivity contribution in [2.24, 2.45) is 5.10 Å². The van der Waals surface area contributed by atoms with E-state index in [1.807, 2.05) is 47.6 Å². The van der Waals surface area contributed by atoms with Gasteiger partial charge >= 0.3 is 0 Å². The molecule has 0 saturated carbocycles. The van der Waals surface area contributed by atoms with E-state index in [0.29, 0.717) is 21.4 Å². The minimum atomic E-state index is -3.76. The van der Waals surface area contributed by atoms with Crippen LogP contribution in [0, 0.1) is 34.6 Å². The molecule has 7 heteroatoms. The van der Waals surface area contributed by atoms with Gasteiger partial charge in [-0.1, -0.05) is 18.5 Å². The summed E-state index contributed by atoms with van der Waals surface area (Å²) in [6.07, 6.45) is 0.600. The predicted molar refractivity (Wildman–Crippen MR) is 107 cm³/mol. The summed E-state index contributed by atoms with van der Waals surface area (Å²) in [5, 5.41) is 4.17. The Labute approximate surface area is 159 Å². The van der Waals surface area contributed by atoms with Crippen molar-refractivity contribution in [1.29, 1.82) is 0 Å². The zero-order valence-corrected chi connectivity index (χ0v) is 17.7. The van der Waals surface area contributed by atoms with Crippen molar-refractivity contribution in [1.82, 2.24) is 4.83 Å². The topological polar surface area (TPSA) is 58.5 Å². The van der Waals surface area contributed by atoms with E-state index in [-0.39, 0.29) is 0 Å². The smallest absolute Gasteiger partial charge is 0.200 e. The maximum atomic E-state index is 12.9. The number of halogens is 1. The molecule has 1 heterocycles. The van der Waals surface area contributed by atoms with Gasteiger partial charge in [0.25, 0.3) is 10.0 Å². The van der Waals surface area contributed by atoms with Crippen LogP contribution in [0.4, 0.5) is 0 Å². The SMILES string of the molecule is CC/C(=N/NS(=O)(=O)c1c(C)c(C)c(C)c(C)c1C)c1ccc(Cl)s1. The molecule has 0 saturated heterocycles. The quantitative estimate of drug-likeness (QED) is 0.566. The van der Waals surface area contributed by atoms with Gasteiger partial charge in [0.05, 0.1) is 19.8 Å². The zero-order valence-electron chi connectivity index (χ0n) is 15.3. The van der Waals surface area contributed by atoms with Crippen LogP contribution < -0.4 is 4.83 Å². The Morgan fingerprint density at radius 1 is 1.04 bits per heavy atom. The highest BCUT2D eigenvalue weighted by molar-refractivity contribution is 7.89. The molecule has 0 spiro atoms. The van der Waals surface area contributed by atoms with Gasteiger partial charge < -0.3 is 0 Å². The van der Waals surface area contributed by atoms with Gasteiger partial charge in [-0.3, -0.25) is 0 Å². The van der Waals surface area contributed by atoms with Gasteiger partial charge in [0, 0.05) is 0 Å². The molecule has 0 bridgehead atoms. The zero-order chi connectivity index (χ0) is 18.9. The number of rotatable bonds is 5. The summed E-state index contributed by atoms with van der Waals surface area (Å²) in [4.78, 5) is 3.59. The molecule has 0 aliphatic carbocycles. The molecule has 1 aromatic carbocycles. The van der Waals surface area contributed by atoms with Gasteiger partial charge in [-0.05, 0) is 81.0 Å². The van der Waals surface area contributed by atoms with E-state index in [4.69, 9.17) is 11.6 Å². The molecule has 1 N–H and O–H groups in total. The molecule has 0 atom stereocenters. The lowest BCUT2D eigenvalue weighted by atomic mass is 9.95. The number of nitrogens with one attached hydrogen (secondary N) is 1. The summed E-state index contributed by atoms with van der Waals surface area (Å²) in [5.74, 6) is 0. The van der Waals surface area contributed by atoms with E-state index in [2.05, 4.69) is 9.93 Å². The van der Waals surface area contributed by atoms with Crippen molar-refractivity contribution in [2.75, 3.05) is 0 Å². The third-order valence-corrected chi connectivity index (χ3v) is 7.45. The Balaban J connectivity index is 2.48. The maximum absolute atomic E-state index is 12.9. The monoisotopic (exact) mass is 398 g/mol. The molecule has 2 rings (SSSR count). The molecule has 0 fully saturated rings. The summed E-state index contributed by atoms with van der Waals surface area (Å²) in [6, 6.07) is 3.63. The van der Waals surface area contributed by atoms with E-state index < -0.39 is 10.0 Å². The van der Waals surface area contributed by atoms with E-state index in [9.17, 15) is 8.42 Å². The Bertz CT molecular complexity index is 915. The first-order valence-electron chi connectivity index (χ1n) is 8.01. The number of thiophene rings is 1. The second kappa shape index (κ2) is 7.48. The Morgan fingerprint density at radius 2 is 1.56 bits per heavy atom. The lowest BCUT2D eigenvalue weighted by Crippen LogP contribution is -2.23. The Kier molecular flexibility index (Phi) is 5.97. The van der Waals surface area contributed by atoms with E-state index >= 15 is 0 Å². The highest BCUT2D eigenvalue weighted by Gasteiger charge is 2.23. The minimum Gasteiger partial charge on any atom is -0.200 e. The highest BCUT2D eigenvalue weighted by Crippen LogP contribution is 2.29. The average Bonchev–Trinajstić information content (AvgIpc) is 2.98. The molecule has 0 radical (unpaired) electrons. The standard InChI is InChI=1S/C18H23ClN2O2S2/c1-7-15(16-8-9-17(19)24-16)20-21-25(22,23)18-13(5)11(3)10(2)12(4)14(18)6/h8-9,21H,7H2,1-6H3/b20-15-. The van der Waals surface area contributed by atoms with Crippen molar-refractivity contribution >= 4 is 38.7 Å². The number of hydrogen-bond donors (Lipinski definition) is 1. The largest absolute Gasteiger partial charge is 0.277 e. The maximum Gasteiger partial charge on any atom is 0.277 e. The summed E-state index contributed by atoms with van der Waals surface area (Å²) in [5.41, 5.74) is 5.30. The molecule has 1 aromatic heterocycles. The molecule has 25 heavy (non-hydrogen) atoms. The van der Waals surface area contributed by atoms with Gasteiger partial charge in [0.15, 0.2) is 0 Å². The highest BCUT2D eigenvalue weighted by atomic mass is 35.5. The van der Waals surface area contributed by atoms with Gasteiger partial charge in [-0.2, -0.15) is 18.4 Å². The molecular weight excluding hydrogens is 376 g/mol. The number of benzene rings is 1. The fourth-order valence-electron chi connectivity index (χ4n) is 2.81. The summed E-state index contributed by atoms with van der Waals surface area (Å²) >= 11 is 7.34. The minimum absolute atomic E-state index is 0.316. The Hall–Kier alpha value is -1.37.